The Labute approximate surface area is 121 Å². The summed E-state index contributed by atoms with van der Waals surface area (Å²) in [6.07, 6.45) is 5.21. The fraction of sp³-hybridized carbons (Fsp3) is 0.647. The average molecular weight is 276 g/mol. The van der Waals surface area contributed by atoms with Crippen LogP contribution in [0.15, 0.2) is 24.3 Å². The zero-order chi connectivity index (χ0) is 14.2. The van der Waals surface area contributed by atoms with Crippen LogP contribution < -0.4 is 10.2 Å². The zero-order valence-corrected chi connectivity index (χ0v) is 12.5. The van der Waals surface area contributed by atoms with Gasteiger partial charge < -0.3 is 10.2 Å². The van der Waals surface area contributed by atoms with Crippen molar-refractivity contribution in [3.63, 3.8) is 0 Å². The Balaban J connectivity index is 1.87. The molecule has 2 aliphatic rings. The molecule has 3 rings (SSSR count). The summed E-state index contributed by atoms with van der Waals surface area (Å²) in [6, 6.07) is 7.51. The normalized spacial score (nSPS) is 25.6. The zero-order valence-electron chi connectivity index (χ0n) is 12.5. The molecule has 1 aromatic carbocycles. The Morgan fingerprint density at radius 3 is 2.45 bits per heavy atom. The van der Waals surface area contributed by atoms with Gasteiger partial charge in [-0.05, 0) is 43.0 Å². The molecule has 1 saturated heterocycles. The van der Waals surface area contributed by atoms with Crippen LogP contribution in [0.5, 0.6) is 0 Å². The summed E-state index contributed by atoms with van der Waals surface area (Å²) in [5, 5.41) is 3.82. The van der Waals surface area contributed by atoms with Gasteiger partial charge in [-0.1, -0.05) is 26.7 Å². The fourth-order valence-corrected chi connectivity index (χ4v) is 3.83. The standard InChI is InChI=1S/C17H25FN2/c1-13(2)16-11-19-17(9-3-4-10-17)12-20(16)15-7-5-14(18)6-8-15/h5-8,13,16,19H,3-4,9-12H2,1-2H3. The summed E-state index contributed by atoms with van der Waals surface area (Å²) >= 11 is 0. The van der Waals surface area contributed by atoms with E-state index in [0.29, 0.717) is 17.5 Å². The molecule has 1 aliphatic heterocycles. The first-order valence-electron chi connectivity index (χ1n) is 7.87. The summed E-state index contributed by atoms with van der Waals surface area (Å²) < 4.78 is 13.2. The van der Waals surface area contributed by atoms with Gasteiger partial charge in [0.1, 0.15) is 5.82 Å². The predicted octanol–water partition coefficient (Wildman–Crippen LogP) is 3.57. The lowest BCUT2D eigenvalue weighted by Crippen LogP contribution is -2.64. The molecule has 1 saturated carbocycles. The molecule has 1 atom stereocenters. The molecule has 0 amide bonds. The molecular formula is C17H25FN2. The van der Waals surface area contributed by atoms with Gasteiger partial charge in [-0.25, -0.2) is 4.39 Å². The molecule has 20 heavy (non-hydrogen) atoms. The number of anilines is 1. The minimum Gasteiger partial charge on any atom is -0.365 e. The molecule has 0 bridgehead atoms. The van der Waals surface area contributed by atoms with E-state index in [2.05, 4.69) is 24.1 Å². The molecule has 110 valence electrons. The first-order chi connectivity index (χ1) is 9.60. The van der Waals surface area contributed by atoms with Gasteiger partial charge in [0.2, 0.25) is 0 Å². The number of benzene rings is 1. The summed E-state index contributed by atoms with van der Waals surface area (Å²) in [5.74, 6) is 0.437. The van der Waals surface area contributed by atoms with E-state index in [-0.39, 0.29) is 5.82 Å². The van der Waals surface area contributed by atoms with Crippen LogP contribution in [0.1, 0.15) is 39.5 Å². The smallest absolute Gasteiger partial charge is 0.123 e. The van der Waals surface area contributed by atoms with Crippen molar-refractivity contribution in [3.05, 3.63) is 30.1 Å². The number of hydrogen-bond donors (Lipinski definition) is 1. The molecule has 1 unspecified atom stereocenters. The van der Waals surface area contributed by atoms with Crippen molar-refractivity contribution in [2.24, 2.45) is 5.92 Å². The van der Waals surface area contributed by atoms with Gasteiger partial charge in [0.05, 0.1) is 0 Å². The number of hydrogen-bond acceptors (Lipinski definition) is 2. The molecule has 1 N–H and O–H groups in total. The van der Waals surface area contributed by atoms with Crippen molar-refractivity contribution < 1.29 is 4.39 Å². The van der Waals surface area contributed by atoms with E-state index in [1.807, 2.05) is 12.1 Å². The third kappa shape index (κ3) is 2.56. The fourth-order valence-electron chi connectivity index (χ4n) is 3.83. The van der Waals surface area contributed by atoms with Crippen molar-refractivity contribution in [2.75, 3.05) is 18.0 Å². The highest BCUT2D eigenvalue weighted by Crippen LogP contribution is 2.36. The molecule has 0 aromatic heterocycles. The number of rotatable bonds is 2. The van der Waals surface area contributed by atoms with Crippen LogP contribution in [-0.2, 0) is 0 Å². The lowest BCUT2D eigenvalue weighted by atomic mass is 9.88. The van der Waals surface area contributed by atoms with Crippen molar-refractivity contribution in [3.8, 4) is 0 Å². The quantitative estimate of drug-likeness (QED) is 0.888. The predicted molar refractivity (Wildman–Crippen MR) is 81.6 cm³/mol. The highest BCUT2D eigenvalue weighted by molar-refractivity contribution is 5.49. The van der Waals surface area contributed by atoms with Gasteiger partial charge in [0.25, 0.3) is 0 Å². The first kappa shape index (κ1) is 13.9. The second kappa shape index (κ2) is 5.36. The number of nitrogens with zero attached hydrogens (tertiary/aromatic N) is 1. The largest absolute Gasteiger partial charge is 0.365 e. The van der Waals surface area contributed by atoms with E-state index < -0.39 is 0 Å². The molecule has 1 spiro atoms. The third-order valence-electron chi connectivity index (χ3n) is 5.05. The van der Waals surface area contributed by atoms with Gasteiger partial charge in [0.15, 0.2) is 0 Å². The Morgan fingerprint density at radius 1 is 1.20 bits per heavy atom. The van der Waals surface area contributed by atoms with Gasteiger partial charge >= 0.3 is 0 Å². The molecule has 2 fully saturated rings. The van der Waals surface area contributed by atoms with Crippen LogP contribution >= 0.6 is 0 Å². The second-order valence-corrected chi connectivity index (χ2v) is 6.78. The van der Waals surface area contributed by atoms with E-state index in [0.717, 1.165) is 18.8 Å². The monoisotopic (exact) mass is 276 g/mol. The highest BCUT2D eigenvalue weighted by atomic mass is 19.1. The maximum atomic E-state index is 13.2. The molecule has 1 aromatic rings. The molecule has 3 heteroatoms. The van der Waals surface area contributed by atoms with E-state index in [9.17, 15) is 4.39 Å². The van der Waals surface area contributed by atoms with Gasteiger partial charge in [-0.15, -0.1) is 0 Å². The summed E-state index contributed by atoms with van der Waals surface area (Å²) in [4.78, 5) is 2.51. The minimum atomic E-state index is -0.152. The molecular weight excluding hydrogens is 251 g/mol. The van der Waals surface area contributed by atoms with Gasteiger partial charge in [-0.2, -0.15) is 0 Å². The number of halogens is 1. The highest BCUT2D eigenvalue weighted by Gasteiger charge is 2.41. The van der Waals surface area contributed by atoms with Crippen LogP contribution in [0, 0.1) is 11.7 Å². The topological polar surface area (TPSA) is 15.3 Å². The second-order valence-electron chi connectivity index (χ2n) is 6.78. The molecule has 2 nitrogen and oxygen atoms in total. The molecule has 0 radical (unpaired) electrons. The molecule has 1 aliphatic carbocycles. The van der Waals surface area contributed by atoms with Gasteiger partial charge in [-0.3, -0.25) is 0 Å². The number of piperazine rings is 1. The Hall–Kier alpha value is -1.09. The van der Waals surface area contributed by atoms with Crippen LogP contribution in [0.3, 0.4) is 0 Å². The lowest BCUT2D eigenvalue weighted by molar-refractivity contribution is 0.245. The summed E-state index contributed by atoms with van der Waals surface area (Å²) in [6.45, 7) is 6.64. The maximum absolute atomic E-state index is 13.2. The minimum absolute atomic E-state index is 0.152. The summed E-state index contributed by atoms with van der Waals surface area (Å²) in [7, 11) is 0. The Bertz CT molecular complexity index is 449. The van der Waals surface area contributed by atoms with E-state index in [1.165, 1.54) is 25.7 Å². The van der Waals surface area contributed by atoms with E-state index in [1.54, 1.807) is 12.1 Å². The van der Waals surface area contributed by atoms with E-state index >= 15 is 0 Å². The average Bonchev–Trinajstić information content (AvgIpc) is 2.87. The van der Waals surface area contributed by atoms with Crippen molar-refractivity contribution in [1.82, 2.24) is 5.32 Å². The Morgan fingerprint density at radius 2 is 1.85 bits per heavy atom. The van der Waals surface area contributed by atoms with Crippen LogP contribution in [0.4, 0.5) is 10.1 Å². The lowest BCUT2D eigenvalue weighted by Gasteiger charge is -2.49. The first-order valence-corrected chi connectivity index (χ1v) is 7.87. The summed E-state index contributed by atoms with van der Waals surface area (Å²) in [5.41, 5.74) is 1.46. The maximum Gasteiger partial charge on any atom is 0.123 e. The van der Waals surface area contributed by atoms with Crippen LogP contribution in [0.2, 0.25) is 0 Å². The van der Waals surface area contributed by atoms with Gasteiger partial charge in [0, 0.05) is 30.4 Å². The molecule has 1 heterocycles. The van der Waals surface area contributed by atoms with Crippen LogP contribution in [-0.4, -0.2) is 24.7 Å². The number of nitrogens with one attached hydrogen (secondary N) is 1. The Kier molecular flexibility index (Phi) is 3.72. The van der Waals surface area contributed by atoms with Crippen LogP contribution in [0.25, 0.3) is 0 Å². The van der Waals surface area contributed by atoms with Crippen molar-refractivity contribution in [2.45, 2.75) is 51.1 Å². The van der Waals surface area contributed by atoms with E-state index in [4.69, 9.17) is 0 Å². The van der Waals surface area contributed by atoms with Crippen molar-refractivity contribution >= 4 is 5.69 Å². The van der Waals surface area contributed by atoms with Crippen molar-refractivity contribution in [1.29, 1.82) is 0 Å². The third-order valence-corrected chi connectivity index (χ3v) is 5.05. The SMILES string of the molecule is CC(C)C1CNC2(CCCC2)CN1c1ccc(F)cc1.